The summed E-state index contributed by atoms with van der Waals surface area (Å²) in [5.74, 6) is -0.525. The molecule has 10 heteroatoms. The summed E-state index contributed by atoms with van der Waals surface area (Å²) in [4.78, 5) is 17.6. The molecule has 0 unspecified atom stereocenters. The summed E-state index contributed by atoms with van der Waals surface area (Å²) in [5.41, 5.74) is 7.76. The Bertz CT molecular complexity index is 928. The Morgan fingerprint density at radius 1 is 1.40 bits per heavy atom. The number of hydrogen-bond donors (Lipinski definition) is 1. The fourth-order valence-electron chi connectivity index (χ4n) is 2.11. The molecule has 0 amide bonds. The normalized spacial score (nSPS) is 11.7. The molecule has 0 saturated carbocycles. The maximum atomic E-state index is 12.0. The van der Waals surface area contributed by atoms with Gasteiger partial charge in [0, 0.05) is 6.20 Å². The molecular weight excluding hydrogens is 408 g/mol. The highest BCUT2D eigenvalue weighted by Gasteiger charge is 2.14. The number of halogens is 1. The van der Waals surface area contributed by atoms with Crippen molar-refractivity contribution < 1.29 is 9.63 Å². The Morgan fingerprint density at radius 3 is 2.84 bits per heavy atom. The first kappa shape index (κ1) is 17.4. The number of amidine groups is 1. The highest BCUT2D eigenvalue weighted by molar-refractivity contribution is 9.10. The summed E-state index contributed by atoms with van der Waals surface area (Å²) < 4.78 is 4.33. The van der Waals surface area contributed by atoms with E-state index in [0.717, 1.165) is 20.7 Å². The molecule has 0 aromatic carbocycles. The van der Waals surface area contributed by atoms with Crippen molar-refractivity contribution in [3.63, 3.8) is 0 Å². The largest absolute Gasteiger partial charge is 0.385 e. The predicted molar refractivity (Wildman–Crippen MR) is 97.5 cm³/mol. The average Bonchev–Trinajstić information content (AvgIpc) is 3.32. The number of carbonyl (C=O) groups excluding carboxylic acids is 1. The summed E-state index contributed by atoms with van der Waals surface area (Å²) in [6, 6.07) is 5.18. The molecule has 0 aliphatic carbocycles. The van der Waals surface area contributed by atoms with Crippen LogP contribution < -0.4 is 5.73 Å². The number of hydrogen-bond acceptors (Lipinski definition) is 6. The minimum atomic E-state index is -0.673. The number of oxime groups is 1. The molecule has 0 bridgehead atoms. The van der Waals surface area contributed by atoms with Crippen LogP contribution >= 0.6 is 27.3 Å². The van der Waals surface area contributed by atoms with Crippen molar-refractivity contribution in [1.82, 2.24) is 19.6 Å². The zero-order valence-corrected chi connectivity index (χ0v) is 15.9. The summed E-state index contributed by atoms with van der Waals surface area (Å²) >= 11 is 4.89. The molecule has 0 atom stereocenters. The van der Waals surface area contributed by atoms with E-state index in [0.29, 0.717) is 6.67 Å². The minimum absolute atomic E-state index is 0.142. The quantitative estimate of drug-likeness (QED) is 0.294. The fraction of sp³-hybridized carbons (Fsp3) is 0.200. The molecule has 0 aliphatic rings. The smallest absolute Gasteiger partial charge is 0.380 e. The number of aromatic nitrogens is 4. The van der Waals surface area contributed by atoms with Crippen molar-refractivity contribution in [3.05, 3.63) is 56.2 Å². The molecule has 0 fully saturated rings. The van der Waals surface area contributed by atoms with E-state index in [1.54, 1.807) is 27.7 Å². The maximum Gasteiger partial charge on any atom is 0.385 e. The van der Waals surface area contributed by atoms with Crippen LogP contribution in [0.1, 0.15) is 26.8 Å². The Balaban J connectivity index is 1.67. The molecule has 0 radical (unpaired) electrons. The first-order chi connectivity index (χ1) is 12.0. The summed E-state index contributed by atoms with van der Waals surface area (Å²) in [6.07, 6.45) is 1.67. The van der Waals surface area contributed by atoms with Crippen LogP contribution in [-0.2, 0) is 11.5 Å². The topological polar surface area (TPSA) is 100 Å². The molecule has 130 valence electrons. The molecule has 0 saturated heterocycles. The predicted octanol–water partition coefficient (Wildman–Crippen LogP) is 2.50. The van der Waals surface area contributed by atoms with Crippen LogP contribution in [0.4, 0.5) is 0 Å². The van der Waals surface area contributed by atoms with Crippen LogP contribution in [0.15, 0.2) is 39.4 Å². The molecule has 3 aromatic rings. The van der Waals surface area contributed by atoms with Crippen LogP contribution in [0.5, 0.6) is 0 Å². The van der Waals surface area contributed by atoms with Crippen molar-refractivity contribution >= 4 is 39.1 Å². The molecule has 2 N–H and O–H groups in total. The number of thiophene rings is 1. The van der Waals surface area contributed by atoms with Gasteiger partial charge in [0.2, 0.25) is 0 Å². The monoisotopic (exact) mass is 422 g/mol. The molecule has 3 heterocycles. The highest BCUT2D eigenvalue weighted by atomic mass is 79.9. The number of nitrogens with two attached hydrogens (primary N) is 1. The lowest BCUT2D eigenvalue weighted by Crippen LogP contribution is -2.15. The third kappa shape index (κ3) is 3.80. The second kappa shape index (κ2) is 7.19. The number of nitrogens with zero attached hydrogens (tertiary/aromatic N) is 5. The molecule has 3 aromatic heterocycles. The van der Waals surface area contributed by atoms with E-state index in [-0.39, 0.29) is 11.5 Å². The van der Waals surface area contributed by atoms with Crippen molar-refractivity contribution in [2.75, 3.05) is 0 Å². The molecule has 0 aliphatic heterocycles. The van der Waals surface area contributed by atoms with Gasteiger partial charge in [0.05, 0.1) is 20.7 Å². The molecule has 0 spiro atoms. The van der Waals surface area contributed by atoms with Gasteiger partial charge in [-0.3, -0.25) is 4.68 Å². The lowest BCUT2D eigenvalue weighted by Gasteiger charge is -2.04. The lowest BCUT2D eigenvalue weighted by molar-refractivity contribution is 0.0508. The van der Waals surface area contributed by atoms with Crippen LogP contribution in [0, 0.1) is 13.8 Å². The van der Waals surface area contributed by atoms with E-state index in [1.165, 1.54) is 11.3 Å². The first-order valence-electron chi connectivity index (χ1n) is 7.27. The van der Waals surface area contributed by atoms with Gasteiger partial charge in [-0.1, -0.05) is 11.2 Å². The Morgan fingerprint density at radius 2 is 2.20 bits per heavy atom. The van der Waals surface area contributed by atoms with Crippen molar-refractivity contribution in [2.45, 2.75) is 20.5 Å². The summed E-state index contributed by atoms with van der Waals surface area (Å²) in [5, 5.41) is 14.1. The molecular formula is C15H15BrN6O2S. The molecule has 8 nitrogen and oxygen atoms in total. The van der Waals surface area contributed by atoms with Gasteiger partial charge in [-0.15, -0.1) is 11.3 Å². The van der Waals surface area contributed by atoms with Crippen LogP contribution in [0.3, 0.4) is 0 Å². The van der Waals surface area contributed by atoms with Gasteiger partial charge in [-0.2, -0.15) is 10.2 Å². The van der Waals surface area contributed by atoms with Gasteiger partial charge < -0.3 is 10.6 Å². The highest BCUT2D eigenvalue weighted by Crippen LogP contribution is 2.19. The van der Waals surface area contributed by atoms with Gasteiger partial charge in [0.25, 0.3) is 0 Å². The van der Waals surface area contributed by atoms with E-state index < -0.39 is 5.97 Å². The average molecular weight is 423 g/mol. The van der Waals surface area contributed by atoms with Gasteiger partial charge in [0.1, 0.15) is 6.67 Å². The lowest BCUT2D eigenvalue weighted by atomic mass is 10.4. The van der Waals surface area contributed by atoms with Crippen molar-refractivity contribution in [2.24, 2.45) is 10.9 Å². The van der Waals surface area contributed by atoms with E-state index in [9.17, 15) is 4.79 Å². The Labute approximate surface area is 156 Å². The second-order valence-corrected chi connectivity index (χ2v) is 6.94. The van der Waals surface area contributed by atoms with E-state index in [1.807, 2.05) is 25.3 Å². The number of aryl methyl sites for hydroxylation is 1. The van der Waals surface area contributed by atoms with E-state index in [2.05, 4.69) is 31.3 Å². The van der Waals surface area contributed by atoms with Crippen molar-refractivity contribution in [1.29, 1.82) is 0 Å². The zero-order chi connectivity index (χ0) is 18.0. The van der Waals surface area contributed by atoms with Gasteiger partial charge in [-0.25, -0.2) is 9.48 Å². The third-order valence-corrected chi connectivity index (χ3v) is 5.46. The van der Waals surface area contributed by atoms with Gasteiger partial charge >= 0.3 is 5.97 Å². The van der Waals surface area contributed by atoms with Crippen LogP contribution in [0.25, 0.3) is 0 Å². The molecule has 3 rings (SSSR count). The Kier molecular flexibility index (Phi) is 5.00. The molecule has 25 heavy (non-hydrogen) atoms. The summed E-state index contributed by atoms with van der Waals surface area (Å²) in [7, 11) is 0. The zero-order valence-electron chi connectivity index (χ0n) is 13.5. The second-order valence-electron chi connectivity index (χ2n) is 5.20. The maximum absolute atomic E-state index is 12.0. The van der Waals surface area contributed by atoms with Crippen LogP contribution in [-0.4, -0.2) is 31.4 Å². The first-order valence-corrected chi connectivity index (χ1v) is 8.94. The number of rotatable bonds is 5. The Hall–Kier alpha value is -2.46. The minimum Gasteiger partial charge on any atom is -0.380 e. The van der Waals surface area contributed by atoms with Gasteiger partial charge in [-0.05, 0) is 47.3 Å². The standard InChI is InChI=1S/C15H15BrN6O2S/c1-9-13(16)10(2)22(18-9)8-21-6-5-11(19-21)15(23)24-20-14(17)12-4-3-7-25-12/h3-7H,8H2,1-2H3,(H2,17,20). The SMILES string of the molecule is Cc1nn(Cn2ccc(C(=O)O/N=C(\N)c3cccs3)n2)c(C)c1Br. The van der Waals surface area contributed by atoms with Gasteiger partial charge in [0.15, 0.2) is 11.5 Å². The fourth-order valence-corrected chi connectivity index (χ4v) is 3.01. The van der Waals surface area contributed by atoms with Crippen LogP contribution in [0.2, 0.25) is 0 Å². The van der Waals surface area contributed by atoms with E-state index in [4.69, 9.17) is 10.6 Å². The third-order valence-electron chi connectivity index (χ3n) is 3.42. The summed E-state index contributed by atoms with van der Waals surface area (Å²) in [6.45, 7) is 4.24. The van der Waals surface area contributed by atoms with Crippen molar-refractivity contribution in [3.8, 4) is 0 Å². The van der Waals surface area contributed by atoms with E-state index >= 15 is 0 Å². The number of carbonyl (C=O) groups is 1.